The van der Waals surface area contributed by atoms with Crippen LogP contribution in [-0.2, 0) is 5.41 Å². The summed E-state index contributed by atoms with van der Waals surface area (Å²) in [5.41, 5.74) is 14.3. The van der Waals surface area contributed by atoms with Gasteiger partial charge in [0.25, 0.3) is 0 Å². The number of aromatic nitrogens is 1. The van der Waals surface area contributed by atoms with Crippen molar-refractivity contribution < 1.29 is 0 Å². The SMILES string of the molecule is CC1(C)c2ccccc2-c2ccc3c4ccccc4n(-c4ccc(-c5cccc6c5sc5c(-c7ccccc7)cccc56)cc4)c3c21. The molecule has 0 radical (unpaired) electrons. The normalized spacial score (nSPS) is 13.5. The maximum Gasteiger partial charge on any atom is 0.0588 e. The molecule has 0 unspecified atom stereocenters. The molecule has 9 aromatic rings. The van der Waals surface area contributed by atoms with Crippen molar-refractivity contribution in [3.05, 3.63) is 163 Å². The number of para-hydroxylation sites is 1. The Balaban J connectivity index is 1.17. The van der Waals surface area contributed by atoms with Crippen molar-refractivity contribution in [3.8, 4) is 39.1 Å². The molecule has 0 N–H and O–H groups in total. The second kappa shape index (κ2) is 9.78. The van der Waals surface area contributed by atoms with Gasteiger partial charge in [0, 0.05) is 42.0 Å². The van der Waals surface area contributed by atoms with E-state index in [2.05, 4.69) is 170 Å². The molecule has 0 saturated carbocycles. The number of hydrogen-bond acceptors (Lipinski definition) is 1. The van der Waals surface area contributed by atoms with Crippen LogP contribution in [-0.4, -0.2) is 4.57 Å². The van der Waals surface area contributed by atoms with E-state index in [9.17, 15) is 0 Å². The molecular weight excluding hydrogens is 587 g/mol. The first-order chi connectivity index (χ1) is 23.1. The summed E-state index contributed by atoms with van der Waals surface area (Å²) in [5, 5.41) is 5.26. The van der Waals surface area contributed by atoms with Gasteiger partial charge < -0.3 is 4.57 Å². The monoisotopic (exact) mass is 617 g/mol. The Morgan fingerprint density at radius 1 is 0.447 bits per heavy atom. The van der Waals surface area contributed by atoms with Gasteiger partial charge in [-0.3, -0.25) is 0 Å². The van der Waals surface area contributed by atoms with Crippen LogP contribution in [0.3, 0.4) is 0 Å². The van der Waals surface area contributed by atoms with Crippen LogP contribution in [0.4, 0.5) is 0 Å². The topological polar surface area (TPSA) is 4.93 Å². The van der Waals surface area contributed by atoms with E-state index in [0.717, 1.165) is 0 Å². The zero-order chi connectivity index (χ0) is 31.3. The summed E-state index contributed by atoms with van der Waals surface area (Å²) in [4.78, 5) is 0. The van der Waals surface area contributed by atoms with Crippen molar-refractivity contribution in [2.45, 2.75) is 19.3 Å². The molecule has 0 saturated heterocycles. The molecule has 47 heavy (non-hydrogen) atoms. The van der Waals surface area contributed by atoms with E-state index in [1.54, 1.807) is 0 Å². The van der Waals surface area contributed by atoms with Crippen molar-refractivity contribution in [1.82, 2.24) is 4.57 Å². The lowest BCUT2D eigenvalue weighted by Gasteiger charge is -2.23. The molecule has 0 bridgehead atoms. The molecule has 1 nitrogen and oxygen atoms in total. The molecule has 1 aliphatic carbocycles. The second-order valence-electron chi connectivity index (χ2n) is 13.3. The van der Waals surface area contributed by atoms with Gasteiger partial charge in [0.1, 0.15) is 0 Å². The summed E-state index contributed by atoms with van der Waals surface area (Å²) in [6.45, 7) is 4.77. The van der Waals surface area contributed by atoms with E-state index in [4.69, 9.17) is 0 Å². The van der Waals surface area contributed by atoms with E-state index >= 15 is 0 Å². The van der Waals surface area contributed by atoms with Crippen LogP contribution in [0, 0.1) is 0 Å². The number of nitrogens with zero attached hydrogens (tertiary/aromatic N) is 1. The Kier molecular flexibility index (Phi) is 5.57. The Morgan fingerprint density at radius 2 is 1.04 bits per heavy atom. The Hall–Kier alpha value is -5.44. The first-order valence-electron chi connectivity index (χ1n) is 16.4. The Labute approximate surface area is 278 Å². The molecule has 0 aliphatic heterocycles. The molecule has 0 atom stereocenters. The van der Waals surface area contributed by atoms with Crippen molar-refractivity contribution in [1.29, 1.82) is 0 Å². The zero-order valence-corrected chi connectivity index (χ0v) is 27.1. The van der Waals surface area contributed by atoms with E-state index in [1.807, 2.05) is 11.3 Å². The van der Waals surface area contributed by atoms with E-state index in [-0.39, 0.29) is 5.41 Å². The van der Waals surface area contributed by atoms with E-state index < -0.39 is 0 Å². The van der Waals surface area contributed by atoms with Crippen LogP contribution in [0.25, 0.3) is 81.0 Å². The minimum Gasteiger partial charge on any atom is -0.309 e. The first-order valence-corrected chi connectivity index (χ1v) is 17.2. The fraction of sp³-hybridized carbons (Fsp3) is 0.0667. The third-order valence-electron chi connectivity index (χ3n) is 10.4. The summed E-state index contributed by atoms with van der Waals surface area (Å²) >= 11 is 1.91. The number of rotatable bonds is 3. The lowest BCUT2D eigenvalue weighted by atomic mass is 9.81. The smallest absolute Gasteiger partial charge is 0.0588 e. The molecule has 222 valence electrons. The molecule has 0 amide bonds. The quantitative estimate of drug-likeness (QED) is 0.186. The zero-order valence-electron chi connectivity index (χ0n) is 26.3. The van der Waals surface area contributed by atoms with Crippen molar-refractivity contribution in [2.24, 2.45) is 0 Å². The number of benzene rings is 7. The summed E-state index contributed by atoms with van der Waals surface area (Å²) in [6.07, 6.45) is 0. The molecule has 2 aromatic heterocycles. The average Bonchev–Trinajstić information content (AvgIpc) is 3.75. The summed E-state index contributed by atoms with van der Waals surface area (Å²) < 4.78 is 5.20. The minimum absolute atomic E-state index is 0.104. The average molecular weight is 618 g/mol. The molecule has 0 fully saturated rings. The third-order valence-corrected chi connectivity index (χ3v) is 11.7. The Bertz CT molecular complexity index is 2690. The largest absolute Gasteiger partial charge is 0.309 e. The van der Waals surface area contributed by atoms with E-state index in [0.29, 0.717) is 0 Å². The standard InChI is InChI=1S/C45H31NS/c1-45(2)39-20-8-6-14-33(39)35-26-27-36-34-15-7-9-21-40(34)46(42(36)41(35)45)30-24-22-29(23-25-30)32-17-11-19-38-37-18-10-16-31(43(37)47-44(32)38)28-12-4-3-5-13-28/h3-27H,1-2H3. The van der Waals surface area contributed by atoms with Gasteiger partial charge in [-0.25, -0.2) is 0 Å². The first kappa shape index (κ1) is 26.7. The highest BCUT2D eigenvalue weighted by molar-refractivity contribution is 7.26. The number of thiophene rings is 1. The fourth-order valence-electron chi connectivity index (χ4n) is 8.26. The summed E-state index contributed by atoms with van der Waals surface area (Å²) in [6, 6.07) is 56.0. The maximum absolute atomic E-state index is 2.51. The van der Waals surface area contributed by atoms with Crippen LogP contribution in [0.5, 0.6) is 0 Å². The lowest BCUT2D eigenvalue weighted by Crippen LogP contribution is -2.16. The minimum atomic E-state index is -0.104. The summed E-state index contributed by atoms with van der Waals surface area (Å²) in [7, 11) is 0. The van der Waals surface area contributed by atoms with Gasteiger partial charge in [0.05, 0.1) is 11.0 Å². The highest BCUT2D eigenvalue weighted by atomic mass is 32.1. The number of fused-ring (bicyclic) bond motifs is 10. The van der Waals surface area contributed by atoms with Crippen molar-refractivity contribution in [2.75, 3.05) is 0 Å². The fourth-order valence-corrected chi connectivity index (χ4v) is 9.63. The van der Waals surface area contributed by atoms with Gasteiger partial charge in [0.2, 0.25) is 0 Å². The van der Waals surface area contributed by atoms with Gasteiger partial charge in [-0.15, -0.1) is 11.3 Å². The maximum atomic E-state index is 2.51. The van der Waals surface area contributed by atoms with Crippen LogP contribution in [0.2, 0.25) is 0 Å². The van der Waals surface area contributed by atoms with Gasteiger partial charge in [0.15, 0.2) is 0 Å². The van der Waals surface area contributed by atoms with Crippen LogP contribution < -0.4 is 0 Å². The van der Waals surface area contributed by atoms with Gasteiger partial charge in [-0.05, 0) is 62.7 Å². The molecule has 0 spiro atoms. The molecule has 2 heterocycles. The molecule has 1 aliphatic rings. The predicted octanol–water partition coefficient (Wildman–Crippen LogP) is 12.8. The molecule has 10 rings (SSSR count). The molecule has 7 aromatic carbocycles. The molecule has 2 heteroatoms. The van der Waals surface area contributed by atoms with Crippen LogP contribution >= 0.6 is 11.3 Å². The second-order valence-corrected chi connectivity index (χ2v) is 14.3. The van der Waals surface area contributed by atoms with Crippen LogP contribution in [0.15, 0.2) is 152 Å². The summed E-state index contributed by atoms with van der Waals surface area (Å²) in [5.74, 6) is 0. The highest BCUT2D eigenvalue weighted by Gasteiger charge is 2.38. The Morgan fingerprint density at radius 3 is 1.79 bits per heavy atom. The van der Waals surface area contributed by atoms with Crippen LogP contribution in [0.1, 0.15) is 25.0 Å². The van der Waals surface area contributed by atoms with Gasteiger partial charge in [-0.1, -0.05) is 147 Å². The van der Waals surface area contributed by atoms with Crippen molar-refractivity contribution in [3.63, 3.8) is 0 Å². The third kappa shape index (κ3) is 3.71. The lowest BCUT2D eigenvalue weighted by molar-refractivity contribution is 0.664. The van der Waals surface area contributed by atoms with Gasteiger partial charge >= 0.3 is 0 Å². The van der Waals surface area contributed by atoms with E-state index in [1.165, 1.54) is 92.2 Å². The molecular formula is C45H31NS. The van der Waals surface area contributed by atoms with Crippen molar-refractivity contribution >= 4 is 53.3 Å². The number of hydrogen-bond donors (Lipinski definition) is 0. The highest BCUT2D eigenvalue weighted by Crippen LogP contribution is 2.53. The predicted molar refractivity (Wildman–Crippen MR) is 202 cm³/mol. The van der Waals surface area contributed by atoms with Gasteiger partial charge in [-0.2, -0.15) is 0 Å².